The predicted molar refractivity (Wildman–Crippen MR) is 72.4 cm³/mol. The van der Waals surface area contributed by atoms with E-state index in [9.17, 15) is 9.90 Å². The van der Waals surface area contributed by atoms with Crippen LogP contribution in [0.2, 0.25) is 0 Å². The van der Waals surface area contributed by atoms with E-state index in [1.54, 1.807) is 26.3 Å². The van der Waals surface area contributed by atoms with E-state index in [1.165, 1.54) is 0 Å². The summed E-state index contributed by atoms with van der Waals surface area (Å²) in [6.45, 7) is 1.90. The Morgan fingerprint density at radius 1 is 1.47 bits per heavy atom. The van der Waals surface area contributed by atoms with Crippen molar-refractivity contribution in [3.05, 3.63) is 29.3 Å². The van der Waals surface area contributed by atoms with Gasteiger partial charge in [0.25, 0.3) is 0 Å². The van der Waals surface area contributed by atoms with Crippen LogP contribution in [0, 0.1) is 6.92 Å². The summed E-state index contributed by atoms with van der Waals surface area (Å²) in [5.41, 5.74) is 1.69. The Kier molecular flexibility index (Phi) is 5.79. The van der Waals surface area contributed by atoms with Crippen molar-refractivity contribution in [2.24, 2.45) is 0 Å². The zero-order valence-corrected chi connectivity index (χ0v) is 11.5. The Balaban J connectivity index is 2.81. The molecule has 2 unspecified atom stereocenters. The molecule has 0 fully saturated rings. The van der Waals surface area contributed by atoms with E-state index < -0.39 is 12.1 Å². The maximum atomic E-state index is 10.6. The van der Waals surface area contributed by atoms with E-state index in [0.717, 1.165) is 16.9 Å². The minimum absolute atomic E-state index is 0.0255. The van der Waals surface area contributed by atoms with Gasteiger partial charge in [0.05, 0.1) is 13.2 Å². The topological polar surface area (TPSA) is 78.8 Å². The number of nitrogens with one attached hydrogen (secondary N) is 1. The fourth-order valence-corrected chi connectivity index (χ4v) is 2.06. The van der Waals surface area contributed by atoms with Crippen LogP contribution in [-0.4, -0.2) is 36.4 Å². The molecular formula is C14H21NO4. The number of carboxylic acid groups (broad SMARTS) is 1. The first-order chi connectivity index (χ1) is 8.99. The Morgan fingerprint density at radius 3 is 2.63 bits per heavy atom. The second kappa shape index (κ2) is 7.11. The number of aliphatic carboxylic acids is 1. The molecule has 0 aromatic heterocycles. The summed E-state index contributed by atoms with van der Waals surface area (Å²) in [6.07, 6.45) is -0.343. The van der Waals surface area contributed by atoms with Crippen molar-refractivity contribution >= 4 is 5.97 Å². The third-order valence-corrected chi connectivity index (χ3v) is 3.18. The molecule has 106 valence electrons. The number of carbonyl (C=O) groups is 1. The molecule has 0 spiro atoms. The molecule has 0 aliphatic heterocycles. The van der Waals surface area contributed by atoms with Crippen LogP contribution in [0.5, 0.6) is 5.75 Å². The van der Waals surface area contributed by atoms with Gasteiger partial charge in [0.1, 0.15) is 5.75 Å². The third-order valence-electron chi connectivity index (χ3n) is 3.18. The van der Waals surface area contributed by atoms with Crippen molar-refractivity contribution in [1.29, 1.82) is 0 Å². The lowest BCUT2D eigenvalue weighted by Crippen LogP contribution is -2.32. The number of carboxylic acids is 1. The summed E-state index contributed by atoms with van der Waals surface area (Å²) >= 11 is 0. The number of benzene rings is 1. The highest BCUT2D eigenvalue weighted by atomic mass is 16.5. The summed E-state index contributed by atoms with van der Waals surface area (Å²) in [7, 11) is 3.31. The van der Waals surface area contributed by atoms with Crippen LogP contribution in [0.1, 0.15) is 30.1 Å². The molecule has 0 saturated heterocycles. The quantitative estimate of drug-likeness (QED) is 0.697. The fourth-order valence-electron chi connectivity index (χ4n) is 2.06. The molecule has 19 heavy (non-hydrogen) atoms. The molecule has 5 heteroatoms. The lowest BCUT2D eigenvalue weighted by molar-refractivity contribution is -0.137. The van der Waals surface area contributed by atoms with Crippen LogP contribution in [-0.2, 0) is 4.79 Å². The van der Waals surface area contributed by atoms with Crippen molar-refractivity contribution in [2.75, 3.05) is 14.2 Å². The fraction of sp³-hybridized carbons (Fsp3) is 0.500. The molecule has 0 saturated carbocycles. The van der Waals surface area contributed by atoms with E-state index in [2.05, 4.69) is 5.32 Å². The average molecular weight is 267 g/mol. The molecule has 1 rings (SSSR count). The lowest BCUT2D eigenvalue weighted by Gasteiger charge is -2.23. The molecule has 3 N–H and O–H groups in total. The summed E-state index contributed by atoms with van der Waals surface area (Å²) in [4.78, 5) is 10.6. The van der Waals surface area contributed by atoms with E-state index in [1.807, 2.05) is 13.0 Å². The van der Waals surface area contributed by atoms with Gasteiger partial charge >= 0.3 is 5.97 Å². The highest BCUT2D eigenvalue weighted by molar-refractivity contribution is 5.66. The van der Waals surface area contributed by atoms with E-state index in [-0.39, 0.29) is 12.5 Å². The van der Waals surface area contributed by atoms with Gasteiger partial charge in [0.15, 0.2) is 0 Å². The average Bonchev–Trinajstić information content (AvgIpc) is 2.38. The molecule has 0 aliphatic carbocycles. The van der Waals surface area contributed by atoms with Crippen molar-refractivity contribution < 1.29 is 19.7 Å². The highest BCUT2D eigenvalue weighted by Gasteiger charge is 2.20. The minimum atomic E-state index is -0.863. The SMILES string of the molecule is CNC(CCC(=O)O)C(O)c1ccc(OC)c(C)c1. The second-order valence-electron chi connectivity index (χ2n) is 4.50. The molecule has 2 atom stereocenters. The van der Waals surface area contributed by atoms with Gasteiger partial charge < -0.3 is 20.3 Å². The molecule has 0 aliphatic rings. The summed E-state index contributed by atoms with van der Waals surface area (Å²) < 4.78 is 5.17. The molecule has 1 aromatic rings. The minimum Gasteiger partial charge on any atom is -0.496 e. The van der Waals surface area contributed by atoms with Crippen LogP contribution in [0.3, 0.4) is 0 Å². The number of aliphatic hydroxyl groups is 1. The van der Waals surface area contributed by atoms with E-state index in [4.69, 9.17) is 9.84 Å². The molecular weight excluding hydrogens is 246 g/mol. The number of ether oxygens (including phenoxy) is 1. The molecule has 0 amide bonds. The lowest BCUT2D eigenvalue weighted by atomic mass is 9.97. The second-order valence-corrected chi connectivity index (χ2v) is 4.50. The van der Waals surface area contributed by atoms with Gasteiger partial charge in [0.2, 0.25) is 0 Å². The van der Waals surface area contributed by atoms with Crippen LogP contribution < -0.4 is 10.1 Å². The monoisotopic (exact) mass is 267 g/mol. The Labute approximate surface area is 113 Å². The largest absolute Gasteiger partial charge is 0.496 e. The first-order valence-electron chi connectivity index (χ1n) is 6.21. The van der Waals surface area contributed by atoms with Gasteiger partial charge in [-0.3, -0.25) is 4.79 Å². The van der Waals surface area contributed by atoms with Gasteiger partial charge in [-0.25, -0.2) is 0 Å². The van der Waals surface area contributed by atoms with E-state index >= 15 is 0 Å². The Bertz CT molecular complexity index is 433. The summed E-state index contributed by atoms with van der Waals surface area (Å²) in [6, 6.07) is 5.16. The van der Waals surface area contributed by atoms with Gasteiger partial charge in [-0.15, -0.1) is 0 Å². The normalized spacial score (nSPS) is 13.9. The zero-order valence-electron chi connectivity index (χ0n) is 11.5. The smallest absolute Gasteiger partial charge is 0.303 e. The maximum Gasteiger partial charge on any atom is 0.303 e. The molecule has 0 radical (unpaired) electrons. The Morgan fingerprint density at radius 2 is 2.16 bits per heavy atom. The van der Waals surface area contributed by atoms with Crippen molar-refractivity contribution in [3.8, 4) is 5.75 Å². The number of hydrogen-bond donors (Lipinski definition) is 3. The number of aliphatic hydroxyl groups excluding tert-OH is 1. The van der Waals surface area contributed by atoms with Crippen LogP contribution in [0.4, 0.5) is 0 Å². The molecule has 5 nitrogen and oxygen atoms in total. The van der Waals surface area contributed by atoms with Gasteiger partial charge in [-0.05, 0) is 43.7 Å². The molecule has 0 bridgehead atoms. The maximum absolute atomic E-state index is 10.6. The van der Waals surface area contributed by atoms with E-state index in [0.29, 0.717) is 6.42 Å². The predicted octanol–water partition coefficient (Wildman–Crippen LogP) is 1.49. The summed E-state index contributed by atoms with van der Waals surface area (Å²) in [5, 5.41) is 21.9. The highest BCUT2D eigenvalue weighted by Crippen LogP contribution is 2.25. The number of hydrogen-bond acceptors (Lipinski definition) is 4. The first-order valence-corrected chi connectivity index (χ1v) is 6.21. The van der Waals surface area contributed by atoms with Crippen molar-refractivity contribution in [1.82, 2.24) is 5.32 Å². The molecule has 0 heterocycles. The van der Waals surface area contributed by atoms with Crippen LogP contribution in [0.25, 0.3) is 0 Å². The van der Waals surface area contributed by atoms with Crippen molar-refractivity contribution in [3.63, 3.8) is 0 Å². The van der Waals surface area contributed by atoms with Gasteiger partial charge in [0, 0.05) is 12.5 Å². The number of methoxy groups -OCH3 is 1. The summed E-state index contributed by atoms with van der Waals surface area (Å²) in [5.74, 6) is -0.0964. The number of rotatable bonds is 7. The zero-order chi connectivity index (χ0) is 14.4. The standard InChI is InChI=1S/C14H21NO4/c1-9-8-10(4-6-12(9)19-3)14(18)11(15-2)5-7-13(16)17/h4,6,8,11,14-15,18H,5,7H2,1-3H3,(H,16,17). The Hall–Kier alpha value is -1.59. The molecule has 1 aromatic carbocycles. The van der Waals surface area contributed by atoms with Gasteiger partial charge in [-0.2, -0.15) is 0 Å². The van der Waals surface area contributed by atoms with Crippen molar-refractivity contribution in [2.45, 2.75) is 31.9 Å². The van der Waals surface area contributed by atoms with Crippen LogP contribution >= 0.6 is 0 Å². The van der Waals surface area contributed by atoms with Gasteiger partial charge in [-0.1, -0.05) is 6.07 Å². The number of likely N-dealkylation sites (N-methyl/N-ethyl adjacent to an activating group) is 1. The first kappa shape index (κ1) is 15.5. The van der Waals surface area contributed by atoms with Crippen LogP contribution in [0.15, 0.2) is 18.2 Å². The third kappa shape index (κ3) is 4.22. The number of aryl methyl sites for hydroxylation is 1.